The normalized spacial score (nSPS) is 14.1. The molecule has 25 heavy (non-hydrogen) atoms. The molecule has 1 aromatic heterocycles. The molecule has 3 aromatic rings. The fourth-order valence-electron chi connectivity index (χ4n) is 2.49. The number of para-hydroxylation sites is 2. The summed E-state index contributed by atoms with van der Waals surface area (Å²) < 4.78 is 5.61. The third-order valence-electron chi connectivity index (χ3n) is 3.72. The molecule has 124 valence electrons. The number of ketones is 1. The number of halogens is 1. The van der Waals surface area contributed by atoms with Crippen molar-refractivity contribution >= 4 is 39.5 Å². The number of benzene rings is 2. The van der Waals surface area contributed by atoms with E-state index in [0.717, 1.165) is 11.0 Å². The van der Waals surface area contributed by atoms with E-state index in [4.69, 9.17) is 16.3 Å². The topological polar surface area (TPSA) is 79.7 Å². The maximum Gasteiger partial charge on any atom is 0.252 e. The van der Waals surface area contributed by atoms with Crippen molar-refractivity contribution in [3.05, 3.63) is 59.9 Å². The van der Waals surface area contributed by atoms with Gasteiger partial charge in [0.15, 0.2) is 11.0 Å². The maximum atomic E-state index is 12.6. The highest BCUT2D eigenvalue weighted by Crippen LogP contribution is 2.18. The van der Waals surface area contributed by atoms with E-state index in [2.05, 4.69) is 20.0 Å². The van der Waals surface area contributed by atoms with Crippen LogP contribution in [-0.2, 0) is 0 Å². The van der Waals surface area contributed by atoms with E-state index in [1.165, 1.54) is 0 Å². The lowest BCUT2D eigenvalue weighted by Gasteiger charge is -2.10. The van der Waals surface area contributed by atoms with Crippen molar-refractivity contribution in [2.45, 2.75) is 0 Å². The minimum absolute atomic E-state index is 0.183. The minimum Gasteiger partial charge on any atom is -0.437 e. The van der Waals surface area contributed by atoms with E-state index < -0.39 is 0 Å². The fraction of sp³-hybridized carbons (Fsp3) is 0.111. The smallest absolute Gasteiger partial charge is 0.252 e. The van der Waals surface area contributed by atoms with Gasteiger partial charge in [-0.3, -0.25) is 9.79 Å². The molecule has 1 N–H and O–H groups in total. The zero-order valence-electron chi connectivity index (χ0n) is 13.1. The number of carbonyl (C=O) groups excluding carboxylic acids is 1. The molecule has 0 radical (unpaired) electrons. The molecule has 0 bridgehead atoms. The second kappa shape index (κ2) is 6.49. The van der Waals surface area contributed by atoms with Crippen LogP contribution in [0, 0.1) is 0 Å². The van der Waals surface area contributed by atoms with Gasteiger partial charge in [-0.1, -0.05) is 23.7 Å². The second-order valence-corrected chi connectivity index (χ2v) is 5.78. The number of imidazole rings is 1. The van der Waals surface area contributed by atoms with Crippen molar-refractivity contribution in [2.24, 2.45) is 9.98 Å². The molecule has 0 fully saturated rings. The lowest BCUT2D eigenvalue weighted by atomic mass is 10.1. The predicted molar refractivity (Wildman–Crippen MR) is 97.1 cm³/mol. The summed E-state index contributed by atoms with van der Waals surface area (Å²) in [6, 6.07) is 14.3. The molecule has 0 saturated heterocycles. The Morgan fingerprint density at radius 3 is 2.56 bits per heavy atom. The summed E-state index contributed by atoms with van der Waals surface area (Å²) >= 11 is 5.96. The van der Waals surface area contributed by atoms with Crippen LogP contribution in [0.3, 0.4) is 0 Å². The molecule has 0 aliphatic carbocycles. The average Bonchev–Trinajstić information content (AvgIpc) is 3.08. The number of rotatable bonds is 3. The summed E-state index contributed by atoms with van der Waals surface area (Å²) in [4.78, 5) is 28.2. The highest BCUT2D eigenvalue weighted by molar-refractivity contribution is 6.83. The van der Waals surface area contributed by atoms with E-state index in [1.54, 1.807) is 24.3 Å². The highest BCUT2D eigenvalue weighted by Gasteiger charge is 2.15. The Labute approximate surface area is 148 Å². The summed E-state index contributed by atoms with van der Waals surface area (Å²) in [5.41, 5.74) is 2.10. The largest absolute Gasteiger partial charge is 0.437 e. The first kappa shape index (κ1) is 15.5. The van der Waals surface area contributed by atoms with Crippen LogP contribution >= 0.6 is 11.6 Å². The average molecular weight is 353 g/mol. The van der Waals surface area contributed by atoms with E-state index in [1.807, 2.05) is 24.3 Å². The van der Waals surface area contributed by atoms with Gasteiger partial charge in [0.25, 0.3) is 5.90 Å². The lowest BCUT2D eigenvalue weighted by Crippen LogP contribution is -2.21. The number of ether oxygens (including phenoxy) is 1. The number of hydrogen-bond acceptors (Lipinski definition) is 5. The number of fused-ring (bicyclic) bond motifs is 1. The predicted octanol–water partition coefficient (Wildman–Crippen LogP) is 3.22. The molecule has 7 heteroatoms. The van der Waals surface area contributed by atoms with Crippen LogP contribution in [0.25, 0.3) is 11.0 Å². The molecule has 1 aliphatic rings. The molecule has 0 atom stereocenters. The molecule has 4 rings (SSSR count). The molecular weight excluding hydrogens is 340 g/mol. The van der Waals surface area contributed by atoms with Crippen molar-refractivity contribution < 1.29 is 9.53 Å². The van der Waals surface area contributed by atoms with Crippen molar-refractivity contribution in [3.63, 3.8) is 0 Å². The van der Waals surface area contributed by atoms with Crippen molar-refractivity contribution in [2.75, 3.05) is 13.1 Å². The molecule has 6 nitrogen and oxygen atoms in total. The van der Waals surface area contributed by atoms with Gasteiger partial charge in [0.2, 0.25) is 5.78 Å². The van der Waals surface area contributed by atoms with Gasteiger partial charge in [-0.25, -0.2) is 9.98 Å². The fourth-order valence-corrected chi connectivity index (χ4v) is 2.67. The summed E-state index contributed by atoms with van der Waals surface area (Å²) in [6.45, 7) is 1.12. The number of aromatic amines is 1. The first-order chi connectivity index (χ1) is 12.2. The molecular formula is C18H13ClN4O2. The Bertz CT molecular complexity index is 972. The van der Waals surface area contributed by atoms with E-state index in [9.17, 15) is 4.79 Å². The van der Waals surface area contributed by atoms with Crippen molar-refractivity contribution in [3.8, 4) is 5.75 Å². The van der Waals surface area contributed by atoms with Gasteiger partial charge >= 0.3 is 0 Å². The molecule has 0 amide bonds. The Morgan fingerprint density at radius 2 is 1.80 bits per heavy atom. The van der Waals surface area contributed by atoms with Crippen molar-refractivity contribution in [1.82, 2.24) is 9.97 Å². The van der Waals surface area contributed by atoms with Gasteiger partial charge in [0, 0.05) is 5.56 Å². The summed E-state index contributed by atoms with van der Waals surface area (Å²) in [6.07, 6.45) is 0. The van der Waals surface area contributed by atoms with E-state index in [-0.39, 0.29) is 11.0 Å². The zero-order chi connectivity index (χ0) is 17.2. The second-order valence-electron chi connectivity index (χ2n) is 5.42. The molecule has 2 aromatic carbocycles. The van der Waals surface area contributed by atoms with Gasteiger partial charge in [-0.05, 0) is 36.4 Å². The summed E-state index contributed by atoms with van der Waals surface area (Å²) in [5, 5.41) is 0.258. The zero-order valence-corrected chi connectivity index (χ0v) is 13.8. The van der Waals surface area contributed by atoms with Crippen LogP contribution < -0.4 is 4.74 Å². The van der Waals surface area contributed by atoms with E-state index >= 15 is 0 Å². The van der Waals surface area contributed by atoms with E-state index in [0.29, 0.717) is 36.1 Å². The number of nitrogens with zero attached hydrogens (tertiary/aromatic N) is 3. The van der Waals surface area contributed by atoms with Crippen LogP contribution in [0.4, 0.5) is 0 Å². The number of nitrogens with one attached hydrogen (secondary N) is 1. The Hall–Kier alpha value is -2.99. The Morgan fingerprint density at radius 1 is 1.04 bits per heavy atom. The van der Waals surface area contributed by atoms with Crippen LogP contribution in [0.15, 0.2) is 58.5 Å². The Balaban J connectivity index is 1.54. The third kappa shape index (κ3) is 3.16. The monoisotopic (exact) mass is 352 g/mol. The lowest BCUT2D eigenvalue weighted by molar-refractivity contribution is 0.103. The highest BCUT2D eigenvalue weighted by atomic mass is 35.5. The standard InChI is InChI=1S/C18H13ClN4O2/c19-16-18(21-10-9-20-16)25-12-7-5-11(6-8-12)15(24)17-22-13-3-1-2-4-14(13)23-17/h1-8H,9-10H2,(H,22,23). The molecule has 0 spiro atoms. The molecule has 1 aliphatic heterocycles. The van der Waals surface area contributed by atoms with Gasteiger partial charge < -0.3 is 9.72 Å². The Kier molecular flexibility index (Phi) is 4.03. The van der Waals surface area contributed by atoms with Crippen molar-refractivity contribution in [1.29, 1.82) is 0 Å². The minimum atomic E-state index is -0.183. The number of H-pyrrole nitrogens is 1. The third-order valence-corrected chi connectivity index (χ3v) is 4.00. The summed E-state index contributed by atoms with van der Waals surface area (Å²) in [7, 11) is 0. The maximum absolute atomic E-state index is 12.6. The van der Waals surface area contributed by atoms with Crippen LogP contribution in [0.1, 0.15) is 16.2 Å². The van der Waals surface area contributed by atoms with Gasteiger partial charge in [-0.15, -0.1) is 0 Å². The first-order valence-electron chi connectivity index (χ1n) is 7.73. The van der Waals surface area contributed by atoms with Gasteiger partial charge in [0.1, 0.15) is 5.75 Å². The van der Waals surface area contributed by atoms with Gasteiger partial charge in [0.05, 0.1) is 24.1 Å². The number of hydrogen-bond donors (Lipinski definition) is 1. The van der Waals surface area contributed by atoms with Crippen LogP contribution in [-0.4, -0.2) is 39.9 Å². The SMILES string of the molecule is O=C(c1ccc(OC2=NCCN=C2Cl)cc1)c1nc2ccccc2[nH]1. The van der Waals surface area contributed by atoms with Gasteiger partial charge in [-0.2, -0.15) is 0 Å². The van der Waals surface area contributed by atoms with Crippen LogP contribution in [0.5, 0.6) is 5.75 Å². The van der Waals surface area contributed by atoms with Crippen LogP contribution in [0.2, 0.25) is 0 Å². The number of aromatic nitrogens is 2. The summed E-state index contributed by atoms with van der Waals surface area (Å²) in [5.74, 6) is 0.957. The molecule has 0 saturated carbocycles. The number of carbonyl (C=O) groups is 1. The molecule has 0 unspecified atom stereocenters. The number of aliphatic imine (C=N–C) groups is 2. The first-order valence-corrected chi connectivity index (χ1v) is 8.10. The molecule has 2 heterocycles. The quantitative estimate of drug-likeness (QED) is 0.735.